The first-order valence-electron chi connectivity index (χ1n) is 6.20. The minimum absolute atomic E-state index is 0.0721. The lowest BCUT2D eigenvalue weighted by molar-refractivity contribution is 0.600. The molecule has 0 bridgehead atoms. The normalized spacial score (nSPS) is 11.4. The van der Waals surface area contributed by atoms with Gasteiger partial charge < -0.3 is 0 Å². The number of aromatic nitrogens is 2. The van der Waals surface area contributed by atoms with Gasteiger partial charge >= 0.3 is 0 Å². The summed E-state index contributed by atoms with van der Waals surface area (Å²) in [5, 5.41) is 17.6. The summed E-state index contributed by atoms with van der Waals surface area (Å²) in [5.41, 5.74) is 0.858. The van der Waals surface area contributed by atoms with Crippen molar-refractivity contribution in [2.75, 3.05) is 4.72 Å². The number of hydrogen-bond acceptors (Lipinski definition) is 6. The fraction of sp³-hybridized carbons (Fsp3) is 0.308. The van der Waals surface area contributed by atoms with Gasteiger partial charge in [-0.15, -0.1) is 10.2 Å². The third-order valence-electron chi connectivity index (χ3n) is 2.76. The van der Waals surface area contributed by atoms with E-state index >= 15 is 0 Å². The lowest BCUT2D eigenvalue weighted by Crippen LogP contribution is -2.14. The average molecular weight is 322 g/mol. The number of nitriles is 1. The summed E-state index contributed by atoms with van der Waals surface area (Å²) in [4.78, 5) is 0.0721. The summed E-state index contributed by atoms with van der Waals surface area (Å²) >= 11 is 1.20. The van der Waals surface area contributed by atoms with E-state index in [1.807, 2.05) is 19.9 Å². The number of aryl methyl sites for hydroxylation is 1. The molecule has 0 spiro atoms. The van der Waals surface area contributed by atoms with E-state index in [-0.39, 0.29) is 15.9 Å². The highest BCUT2D eigenvalue weighted by Gasteiger charge is 2.20. The summed E-state index contributed by atoms with van der Waals surface area (Å²) in [5.74, 6) is 0.185. The van der Waals surface area contributed by atoms with Crippen LogP contribution < -0.4 is 4.72 Å². The van der Waals surface area contributed by atoms with E-state index in [9.17, 15) is 8.42 Å². The Kier molecular flexibility index (Phi) is 4.25. The molecule has 8 heteroatoms. The number of rotatable bonds is 4. The number of nitrogens with zero attached hydrogens (tertiary/aromatic N) is 3. The Morgan fingerprint density at radius 2 is 2.05 bits per heavy atom. The second-order valence-electron chi connectivity index (χ2n) is 4.80. The SMILES string of the molecule is Cc1ccc(C#N)cc1S(=O)(=O)Nc1nnc(C(C)C)s1. The minimum atomic E-state index is -3.78. The van der Waals surface area contributed by atoms with Crippen molar-refractivity contribution in [1.82, 2.24) is 10.2 Å². The zero-order valence-corrected chi connectivity index (χ0v) is 13.4. The number of nitrogens with one attached hydrogen (secondary N) is 1. The average Bonchev–Trinajstić information content (AvgIpc) is 2.87. The second-order valence-corrected chi connectivity index (χ2v) is 7.46. The van der Waals surface area contributed by atoms with Gasteiger partial charge in [-0.3, -0.25) is 4.72 Å². The molecule has 2 rings (SSSR count). The van der Waals surface area contributed by atoms with Gasteiger partial charge in [0.25, 0.3) is 10.0 Å². The molecule has 0 unspecified atom stereocenters. The Labute approximate surface area is 127 Å². The maximum Gasteiger partial charge on any atom is 0.264 e. The maximum atomic E-state index is 12.4. The number of benzene rings is 1. The quantitative estimate of drug-likeness (QED) is 0.933. The highest BCUT2D eigenvalue weighted by molar-refractivity contribution is 7.93. The molecule has 0 saturated carbocycles. The monoisotopic (exact) mass is 322 g/mol. The molecule has 21 heavy (non-hydrogen) atoms. The molecule has 0 fully saturated rings. The van der Waals surface area contributed by atoms with E-state index in [2.05, 4.69) is 14.9 Å². The van der Waals surface area contributed by atoms with Crippen LogP contribution in [0.25, 0.3) is 0 Å². The van der Waals surface area contributed by atoms with Crippen LogP contribution >= 0.6 is 11.3 Å². The molecule has 1 N–H and O–H groups in total. The van der Waals surface area contributed by atoms with Gasteiger partial charge in [-0.2, -0.15) is 5.26 Å². The van der Waals surface area contributed by atoms with Crippen LogP contribution in [0.1, 0.15) is 35.9 Å². The van der Waals surface area contributed by atoms with Crippen LogP contribution in [0.4, 0.5) is 5.13 Å². The second kappa shape index (κ2) is 5.79. The highest BCUT2D eigenvalue weighted by Crippen LogP contribution is 2.25. The third-order valence-corrected chi connectivity index (χ3v) is 5.51. The van der Waals surface area contributed by atoms with Crippen LogP contribution in [-0.4, -0.2) is 18.6 Å². The van der Waals surface area contributed by atoms with Crippen molar-refractivity contribution in [1.29, 1.82) is 5.26 Å². The van der Waals surface area contributed by atoms with Crippen LogP contribution in [0.2, 0.25) is 0 Å². The van der Waals surface area contributed by atoms with Crippen LogP contribution in [0.3, 0.4) is 0 Å². The molecule has 0 amide bonds. The van der Waals surface area contributed by atoms with E-state index in [4.69, 9.17) is 5.26 Å². The van der Waals surface area contributed by atoms with Gasteiger partial charge in [-0.25, -0.2) is 8.42 Å². The van der Waals surface area contributed by atoms with Gasteiger partial charge in [-0.05, 0) is 24.6 Å². The topological polar surface area (TPSA) is 95.7 Å². The fourth-order valence-electron chi connectivity index (χ4n) is 1.64. The van der Waals surface area contributed by atoms with Gasteiger partial charge in [0, 0.05) is 5.92 Å². The van der Waals surface area contributed by atoms with Gasteiger partial charge in [0.15, 0.2) is 0 Å². The highest BCUT2D eigenvalue weighted by atomic mass is 32.2. The van der Waals surface area contributed by atoms with Gasteiger partial charge in [0.1, 0.15) is 5.01 Å². The van der Waals surface area contributed by atoms with E-state index in [1.165, 1.54) is 17.4 Å². The Hall–Kier alpha value is -1.98. The van der Waals surface area contributed by atoms with Crippen LogP contribution in [0.15, 0.2) is 23.1 Å². The summed E-state index contributed by atoms with van der Waals surface area (Å²) in [6, 6.07) is 6.46. The molecule has 0 aliphatic heterocycles. The van der Waals surface area contributed by atoms with E-state index in [0.29, 0.717) is 11.1 Å². The maximum absolute atomic E-state index is 12.4. The summed E-state index contributed by atoms with van der Waals surface area (Å²) in [6.45, 7) is 5.59. The number of hydrogen-bond donors (Lipinski definition) is 1. The lowest BCUT2D eigenvalue weighted by atomic mass is 10.2. The molecule has 0 aliphatic carbocycles. The van der Waals surface area contributed by atoms with Gasteiger partial charge in [-0.1, -0.05) is 31.3 Å². The molecule has 2 aromatic rings. The lowest BCUT2D eigenvalue weighted by Gasteiger charge is -2.08. The largest absolute Gasteiger partial charge is 0.264 e. The number of anilines is 1. The van der Waals surface area contributed by atoms with Crippen LogP contribution in [-0.2, 0) is 10.0 Å². The Morgan fingerprint density at radius 1 is 1.33 bits per heavy atom. The first-order valence-corrected chi connectivity index (χ1v) is 8.50. The number of sulfonamides is 1. The van der Waals surface area contributed by atoms with Crippen molar-refractivity contribution in [3.8, 4) is 6.07 Å². The Balaban J connectivity index is 2.36. The van der Waals surface area contributed by atoms with Crippen LogP contribution in [0.5, 0.6) is 0 Å². The molecule has 0 saturated heterocycles. The molecule has 1 heterocycles. The first-order chi connectivity index (χ1) is 9.83. The Morgan fingerprint density at radius 3 is 2.62 bits per heavy atom. The van der Waals surface area contributed by atoms with Crippen molar-refractivity contribution in [3.63, 3.8) is 0 Å². The van der Waals surface area contributed by atoms with Crippen molar-refractivity contribution in [2.24, 2.45) is 0 Å². The molecule has 0 aliphatic rings. The van der Waals surface area contributed by atoms with Crippen molar-refractivity contribution in [3.05, 3.63) is 34.3 Å². The first kappa shape index (κ1) is 15.4. The fourth-order valence-corrected chi connectivity index (χ4v) is 3.89. The molecule has 0 radical (unpaired) electrons. The summed E-state index contributed by atoms with van der Waals surface area (Å²) in [7, 11) is -3.78. The smallest absolute Gasteiger partial charge is 0.253 e. The van der Waals surface area contributed by atoms with Gasteiger partial charge in [0.05, 0.1) is 16.5 Å². The zero-order chi connectivity index (χ0) is 15.6. The van der Waals surface area contributed by atoms with Crippen molar-refractivity contribution in [2.45, 2.75) is 31.6 Å². The molecule has 110 valence electrons. The van der Waals surface area contributed by atoms with E-state index in [0.717, 1.165) is 5.01 Å². The van der Waals surface area contributed by atoms with Gasteiger partial charge in [0.2, 0.25) is 5.13 Å². The molecule has 0 atom stereocenters. The zero-order valence-electron chi connectivity index (χ0n) is 11.8. The van der Waals surface area contributed by atoms with Crippen molar-refractivity contribution < 1.29 is 8.42 Å². The summed E-state index contributed by atoms with van der Waals surface area (Å²) in [6.07, 6.45) is 0. The molecular formula is C13H14N4O2S2. The van der Waals surface area contributed by atoms with Crippen molar-refractivity contribution >= 4 is 26.5 Å². The Bertz CT molecular complexity index is 804. The van der Waals surface area contributed by atoms with E-state index < -0.39 is 10.0 Å². The predicted molar refractivity (Wildman–Crippen MR) is 80.7 cm³/mol. The molecule has 1 aromatic heterocycles. The third kappa shape index (κ3) is 3.37. The standard InChI is InChI=1S/C13H14N4O2S2/c1-8(2)12-15-16-13(20-12)17-21(18,19)11-6-10(7-14)5-4-9(11)3/h4-6,8H,1-3H3,(H,16,17). The predicted octanol–water partition coefficient (Wildman–Crippen LogP) is 2.64. The molecule has 6 nitrogen and oxygen atoms in total. The molecular weight excluding hydrogens is 308 g/mol. The summed E-state index contributed by atoms with van der Waals surface area (Å²) < 4.78 is 27.2. The molecule has 1 aromatic carbocycles. The van der Waals surface area contributed by atoms with E-state index in [1.54, 1.807) is 19.1 Å². The minimum Gasteiger partial charge on any atom is -0.253 e. The van der Waals surface area contributed by atoms with Crippen LogP contribution in [0, 0.1) is 18.3 Å².